The summed E-state index contributed by atoms with van der Waals surface area (Å²) in [5.41, 5.74) is -0.354. The van der Waals surface area contributed by atoms with Crippen molar-refractivity contribution in [2.75, 3.05) is 7.05 Å². The fourth-order valence-electron chi connectivity index (χ4n) is 4.19. The molecule has 0 spiro atoms. The van der Waals surface area contributed by atoms with Crippen LogP contribution in [0.4, 0.5) is 13.2 Å². The average molecular weight is 683 g/mol. The summed E-state index contributed by atoms with van der Waals surface area (Å²) in [6.07, 6.45) is -5.97. The molecular formula is C30H37F3N6O7S. The molecule has 2 aromatic carbocycles. The predicted molar refractivity (Wildman–Crippen MR) is 163 cm³/mol. The van der Waals surface area contributed by atoms with Crippen LogP contribution in [0.25, 0.3) is 16.9 Å². The van der Waals surface area contributed by atoms with Crippen LogP contribution in [0.1, 0.15) is 52.8 Å². The van der Waals surface area contributed by atoms with E-state index >= 15 is 0 Å². The van der Waals surface area contributed by atoms with Crippen LogP contribution in [0.3, 0.4) is 0 Å². The number of amides is 1. The third-order valence-electron chi connectivity index (χ3n) is 6.70. The van der Waals surface area contributed by atoms with Crippen LogP contribution >= 0.6 is 0 Å². The number of aromatic nitrogens is 2. The van der Waals surface area contributed by atoms with Gasteiger partial charge in [0.1, 0.15) is 0 Å². The van der Waals surface area contributed by atoms with Gasteiger partial charge in [-0.05, 0) is 63.9 Å². The monoisotopic (exact) mass is 682 g/mol. The topological polar surface area (TPSA) is 158 Å². The number of nitrogens with zero attached hydrogens (tertiary/aromatic N) is 5. The number of alkyl halides is 3. The third-order valence-corrected chi connectivity index (χ3v) is 8.06. The lowest BCUT2D eigenvalue weighted by atomic mass is 9.97. The Labute approximate surface area is 270 Å². The van der Waals surface area contributed by atoms with Gasteiger partial charge in [0.15, 0.2) is 11.7 Å². The highest BCUT2D eigenvalue weighted by molar-refractivity contribution is 7.90. The number of hydrazine groups is 1. The number of hydrogen-bond donors (Lipinski definition) is 1. The second kappa shape index (κ2) is 14.0. The maximum absolute atomic E-state index is 13.6. The molecule has 13 nitrogen and oxygen atoms in total. The van der Waals surface area contributed by atoms with E-state index in [9.17, 15) is 36.4 Å². The SMILES string of the molecule is Cc1ccc(-c2cc(C(F)(F)F)nn2-c2ccc(S(=O)(=O)NC(=O)[C@H](C(C)C)N(C)[N+]([O-])=NOC(C)OC(=O)C(C)(C)C)cc2)cc1. The molecule has 1 heterocycles. The molecule has 0 bridgehead atoms. The van der Waals surface area contributed by atoms with Crippen LogP contribution in [-0.2, 0) is 35.4 Å². The molecule has 0 fully saturated rings. The Morgan fingerprint density at radius 2 is 1.62 bits per heavy atom. The van der Waals surface area contributed by atoms with Gasteiger partial charge in [-0.1, -0.05) is 43.7 Å². The first kappa shape index (κ1) is 36.8. The van der Waals surface area contributed by atoms with Crippen molar-refractivity contribution in [2.45, 2.75) is 71.9 Å². The average Bonchev–Trinajstić information content (AvgIpc) is 3.42. The van der Waals surface area contributed by atoms with Crippen molar-refractivity contribution in [3.63, 3.8) is 0 Å². The van der Waals surface area contributed by atoms with E-state index in [-0.39, 0.29) is 21.2 Å². The molecule has 0 radical (unpaired) electrons. The van der Waals surface area contributed by atoms with Crippen molar-refractivity contribution in [1.82, 2.24) is 19.5 Å². The van der Waals surface area contributed by atoms with Gasteiger partial charge < -0.3 is 9.94 Å². The molecule has 256 valence electrons. The van der Waals surface area contributed by atoms with Crippen molar-refractivity contribution in [3.8, 4) is 16.9 Å². The minimum Gasteiger partial charge on any atom is -0.569 e. The van der Waals surface area contributed by atoms with E-state index in [4.69, 9.17) is 9.57 Å². The van der Waals surface area contributed by atoms with Gasteiger partial charge in [-0.25, -0.2) is 17.8 Å². The van der Waals surface area contributed by atoms with Crippen molar-refractivity contribution in [2.24, 2.45) is 16.6 Å². The van der Waals surface area contributed by atoms with E-state index in [1.54, 1.807) is 58.9 Å². The lowest BCUT2D eigenvalue weighted by molar-refractivity contribution is -0.713. The summed E-state index contributed by atoms with van der Waals surface area (Å²) >= 11 is 0. The standard InChI is InChI=1S/C30H37F3N6O7S/c1-18(2)26(37(8)39(42)36-46-20(4)45-28(41)29(5,6)7)27(40)35-47(43,44)23-15-13-22(14-16-23)38-24(17-25(34-38)30(31,32)33)21-11-9-19(3)10-12-21/h9-18,20,26H,1-8H3,(H,35,40)/t20?,26-/m0/s1. The van der Waals surface area contributed by atoms with Crippen molar-refractivity contribution < 1.29 is 45.7 Å². The third kappa shape index (κ3) is 9.21. The Kier molecular flexibility index (Phi) is 10.9. The van der Waals surface area contributed by atoms with Gasteiger partial charge in [-0.3, -0.25) is 14.4 Å². The Morgan fingerprint density at radius 3 is 2.13 bits per heavy atom. The van der Waals surface area contributed by atoms with Gasteiger partial charge in [0, 0.05) is 12.5 Å². The van der Waals surface area contributed by atoms with Crippen molar-refractivity contribution in [3.05, 3.63) is 71.1 Å². The number of likely N-dealkylation sites (N-methyl/N-ethyl adjacent to an activating group) is 1. The number of rotatable bonds is 11. The molecule has 2 atom stereocenters. The molecule has 0 aliphatic heterocycles. The maximum Gasteiger partial charge on any atom is 0.435 e. The molecule has 0 aliphatic carbocycles. The van der Waals surface area contributed by atoms with E-state index in [1.807, 2.05) is 11.6 Å². The Bertz CT molecular complexity index is 1720. The molecule has 1 unspecified atom stereocenters. The molecule has 0 saturated heterocycles. The fourth-order valence-corrected chi connectivity index (χ4v) is 5.19. The highest BCUT2D eigenvalue weighted by Crippen LogP contribution is 2.33. The van der Waals surface area contributed by atoms with Gasteiger partial charge in [-0.2, -0.15) is 18.3 Å². The number of sulfonamides is 1. The summed E-state index contributed by atoms with van der Waals surface area (Å²) in [5, 5.41) is 20.4. The van der Waals surface area contributed by atoms with E-state index in [1.165, 1.54) is 26.1 Å². The number of carbonyl (C=O) groups excluding carboxylic acids is 2. The largest absolute Gasteiger partial charge is 0.569 e. The summed E-state index contributed by atoms with van der Waals surface area (Å²) in [5.74, 6) is -2.28. The number of hydrogen-bond acceptors (Lipinski definition) is 9. The Balaban J connectivity index is 1.81. The van der Waals surface area contributed by atoms with Gasteiger partial charge in [-0.15, -0.1) is 5.01 Å². The molecule has 3 aromatic rings. The quantitative estimate of drug-likeness (QED) is 0.0923. The molecule has 1 aromatic heterocycles. The summed E-state index contributed by atoms with van der Waals surface area (Å²) in [4.78, 5) is 29.6. The Morgan fingerprint density at radius 1 is 1.04 bits per heavy atom. The highest BCUT2D eigenvalue weighted by Gasteiger charge is 2.37. The second-order valence-corrected chi connectivity index (χ2v) is 13.8. The fraction of sp³-hybridized carbons (Fsp3) is 0.433. The normalized spacial score (nSPS) is 14.0. The molecule has 1 amide bonds. The number of nitrogens with one attached hydrogen (secondary N) is 1. The Hall–Kier alpha value is -4.67. The van der Waals surface area contributed by atoms with Crippen molar-refractivity contribution >= 4 is 21.9 Å². The van der Waals surface area contributed by atoms with E-state index in [2.05, 4.69) is 10.4 Å². The van der Waals surface area contributed by atoms with Crippen LogP contribution in [0.5, 0.6) is 0 Å². The van der Waals surface area contributed by atoms with E-state index in [0.717, 1.165) is 33.5 Å². The first-order valence-corrected chi connectivity index (χ1v) is 15.8. The maximum atomic E-state index is 13.6. The first-order valence-electron chi connectivity index (χ1n) is 14.3. The van der Waals surface area contributed by atoms with Crippen LogP contribution in [0.15, 0.2) is 64.8 Å². The first-order chi connectivity index (χ1) is 21.6. The summed E-state index contributed by atoms with van der Waals surface area (Å²) in [6.45, 7) is 11.2. The summed E-state index contributed by atoms with van der Waals surface area (Å²) < 4.78 is 75.0. The van der Waals surface area contributed by atoms with Crippen molar-refractivity contribution in [1.29, 1.82) is 0 Å². The van der Waals surface area contributed by atoms with Crippen LogP contribution in [0.2, 0.25) is 0 Å². The van der Waals surface area contributed by atoms with Gasteiger partial charge in [0.25, 0.3) is 22.2 Å². The predicted octanol–water partition coefficient (Wildman–Crippen LogP) is 5.37. The minimum atomic E-state index is -4.73. The number of aryl methyl sites for hydroxylation is 1. The lowest BCUT2D eigenvalue weighted by Gasteiger charge is -2.26. The molecule has 0 saturated carbocycles. The number of esters is 1. The lowest BCUT2D eigenvalue weighted by Crippen LogP contribution is -2.51. The molecular weight excluding hydrogens is 645 g/mol. The zero-order valence-electron chi connectivity index (χ0n) is 27.1. The van der Waals surface area contributed by atoms with Gasteiger partial charge in [0.2, 0.25) is 5.28 Å². The highest BCUT2D eigenvalue weighted by atomic mass is 32.2. The zero-order chi connectivity index (χ0) is 35.5. The minimum absolute atomic E-state index is 0.0853. The number of halogens is 3. The summed E-state index contributed by atoms with van der Waals surface area (Å²) in [6, 6.07) is 11.0. The van der Waals surface area contributed by atoms with Crippen LogP contribution < -0.4 is 4.72 Å². The molecule has 1 N–H and O–H groups in total. The number of carbonyl (C=O) groups is 2. The smallest absolute Gasteiger partial charge is 0.435 e. The molecule has 17 heteroatoms. The van der Waals surface area contributed by atoms with Gasteiger partial charge >= 0.3 is 12.1 Å². The van der Waals surface area contributed by atoms with Gasteiger partial charge in [0.05, 0.1) is 33.7 Å². The van der Waals surface area contributed by atoms with E-state index < -0.39 is 57.4 Å². The van der Waals surface area contributed by atoms with Crippen LogP contribution in [-0.4, -0.2) is 59.4 Å². The zero-order valence-corrected chi connectivity index (χ0v) is 27.9. The van der Waals surface area contributed by atoms with E-state index in [0.29, 0.717) is 5.56 Å². The second-order valence-electron chi connectivity index (χ2n) is 12.1. The molecule has 47 heavy (non-hydrogen) atoms. The summed E-state index contributed by atoms with van der Waals surface area (Å²) in [7, 11) is -3.33. The molecule has 3 rings (SSSR count). The molecule has 0 aliphatic rings. The van der Waals surface area contributed by atoms with Crippen LogP contribution in [0, 0.1) is 23.5 Å². The number of benzene rings is 2. The number of ether oxygens (including phenoxy) is 1.